The van der Waals surface area contributed by atoms with Gasteiger partial charge in [-0.1, -0.05) is 0 Å². The maximum Gasteiger partial charge on any atom is 0.247 e. The predicted octanol–water partition coefficient (Wildman–Crippen LogP) is 2.04. The zero-order valence-corrected chi connectivity index (χ0v) is 11.2. The molecule has 100 valence electrons. The Hall–Kier alpha value is -2.54. The van der Waals surface area contributed by atoms with Gasteiger partial charge in [-0.2, -0.15) is 5.10 Å². The van der Waals surface area contributed by atoms with Crippen molar-refractivity contribution < 1.29 is 4.79 Å². The van der Waals surface area contributed by atoms with E-state index in [-0.39, 0.29) is 12.5 Å². The molecule has 0 aromatic carbocycles. The average Bonchev–Trinajstić information content (AvgIpc) is 3.11. The monoisotopic (exact) mass is 285 g/mol. The number of carbonyl (C=O) groups excluding carboxylic acids is 1. The number of pyridine rings is 1. The van der Waals surface area contributed by atoms with E-state index in [9.17, 15) is 4.79 Å². The third-order valence-corrected chi connectivity index (χ3v) is 3.33. The fourth-order valence-electron chi connectivity index (χ4n) is 1.68. The molecular formula is C13H11N5OS. The van der Waals surface area contributed by atoms with Crippen molar-refractivity contribution in [2.45, 2.75) is 6.54 Å². The van der Waals surface area contributed by atoms with E-state index in [0.717, 1.165) is 11.3 Å². The summed E-state index contributed by atoms with van der Waals surface area (Å²) >= 11 is 1.38. The van der Waals surface area contributed by atoms with Crippen LogP contribution in [0.25, 0.3) is 11.3 Å². The van der Waals surface area contributed by atoms with Crippen LogP contribution in [0.3, 0.4) is 0 Å². The van der Waals surface area contributed by atoms with Crippen LogP contribution in [0.5, 0.6) is 0 Å². The van der Waals surface area contributed by atoms with Gasteiger partial charge in [-0.3, -0.25) is 14.5 Å². The molecule has 6 nitrogen and oxygen atoms in total. The van der Waals surface area contributed by atoms with Crippen LogP contribution in [-0.4, -0.2) is 25.7 Å². The second-order valence-corrected chi connectivity index (χ2v) is 4.89. The highest BCUT2D eigenvalue weighted by Gasteiger charge is 2.08. The maximum atomic E-state index is 11.8. The number of hydrogen-bond donors (Lipinski definition) is 1. The number of aromatic nitrogens is 4. The third-order valence-electron chi connectivity index (χ3n) is 2.57. The highest BCUT2D eigenvalue weighted by atomic mass is 32.1. The number of carbonyl (C=O) groups is 1. The van der Waals surface area contributed by atoms with Gasteiger partial charge < -0.3 is 5.32 Å². The SMILES string of the molecule is O=C(Cn1cccn1)Nc1nc(-c2cccnc2)cs1. The molecule has 0 radical (unpaired) electrons. The molecule has 1 amide bonds. The van der Waals surface area contributed by atoms with Crippen molar-refractivity contribution in [3.8, 4) is 11.3 Å². The van der Waals surface area contributed by atoms with Gasteiger partial charge in [-0.25, -0.2) is 4.98 Å². The van der Waals surface area contributed by atoms with Crippen molar-refractivity contribution in [3.05, 3.63) is 48.4 Å². The van der Waals surface area contributed by atoms with Crippen LogP contribution in [0.15, 0.2) is 48.4 Å². The molecule has 0 atom stereocenters. The van der Waals surface area contributed by atoms with Crippen molar-refractivity contribution in [2.24, 2.45) is 0 Å². The van der Waals surface area contributed by atoms with E-state index in [1.165, 1.54) is 11.3 Å². The zero-order chi connectivity index (χ0) is 13.8. The molecule has 20 heavy (non-hydrogen) atoms. The van der Waals surface area contributed by atoms with E-state index < -0.39 is 0 Å². The summed E-state index contributed by atoms with van der Waals surface area (Å²) in [6.07, 6.45) is 6.83. The van der Waals surface area contributed by atoms with Crippen LogP contribution < -0.4 is 5.32 Å². The van der Waals surface area contributed by atoms with E-state index in [4.69, 9.17) is 0 Å². The summed E-state index contributed by atoms with van der Waals surface area (Å²) in [5.74, 6) is -0.152. The molecule has 0 aliphatic heterocycles. The Morgan fingerprint density at radius 3 is 3.05 bits per heavy atom. The van der Waals surface area contributed by atoms with Gasteiger partial charge in [0.25, 0.3) is 0 Å². The second kappa shape index (κ2) is 5.62. The van der Waals surface area contributed by atoms with Crippen molar-refractivity contribution in [3.63, 3.8) is 0 Å². The Morgan fingerprint density at radius 1 is 1.35 bits per heavy atom. The first kappa shape index (κ1) is 12.5. The summed E-state index contributed by atoms with van der Waals surface area (Å²) in [7, 11) is 0. The first-order valence-electron chi connectivity index (χ1n) is 5.94. The zero-order valence-electron chi connectivity index (χ0n) is 10.4. The molecular weight excluding hydrogens is 274 g/mol. The van der Waals surface area contributed by atoms with Crippen LogP contribution in [0.1, 0.15) is 0 Å². The molecule has 0 spiro atoms. The quantitative estimate of drug-likeness (QED) is 0.796. The number of hydrogen-bond acceptors (Lipinski definition) is 5. The fraction of sp³-hybridized carbons (Fsp3) is 0.0769. The minimum atomic E-state index is -0.152. The van der Waals surface area contributed by atoms with Gasteiger partial charge in [0.1, 0.15) is 6.54 Å². The first-order chi connectivity index (χ1) is 9.81. The van der Waals surface area contributed by atoms with Crippen molar-refractivity contribution in [2.75, 3.05) is 5.32 Å². The van der Waals surface area contributed by atoms with Gasteiger partial charge in [0.05, 0.1) is 5.69 Å². The number of nitrogens with one attached hydrogen (secondary N) is 1. The van der Waals surface area contributed by atoms with E-state index >= 15 is 0 Å². The van der Waals surface area contributed by atoms with Gasteiger partial charge in [0.15, 0.2) is 5.13 Å². The van der Waals surface area contributed by atoms with Gasteiger partial charge in [0, 0.05) is 35.7 Å². The lowest BCUT2D eigenvalue weighted by Gasteiger charge is -2.01. The highest BCUT2D eigenvalue weighted by molar-refractivity contribution is 7.14. The average molecular weight is 285 g/mol. The van der Waals surface area contributed by atoms with Gasteiger partial charge in [0.2, 0.25) is 5.91 Å². The van der Waals surface area contributed by atoms with Crippen molar-refractivity contribution >= 4 is 22.4 Å². The topological polar surface area (TPSA) is 72.7 Å². The largest absolute Gasteiger partial charge is 0.300 e. The van der Waals surface area contributed by atoms with Gasteiger partial charge in [-0.15, -0.1) is 11.3 Å². The summed E-state index contributed by atoms with van der Waals surface area (Å²) in [5.41, 5.74) is 1.73. The summed E-state index contributed by atoms with van der Waals surface area (Å²) in [4.78, 5) is 20.2. The Morgan fingerprint density at radius 2 is 2.30 bits per heavy atom. The van der Waals surface area contributed by atoms with Crippen LogP contribution in [0.2, 0.25) is 0 Å². The lowest BCUT2D eigenvalue weighted by Crippen LogP contribution is -2.18. The van der Waals surface area contributed by atoms with Crippen LogP contribution in [0, 0.1) is 0 Å². The third kappa shape index (κ3) is 2.89. The minimum absolute atomic E-state index is 0.152. The van der Waals surface area contributed by atoms with Crippen LogP contribution in [-0.2, 0) is 11.3 Å². The first-order valence-corrected chi connectivity index (χ1v) is 6.82. The molecule has 0 saturated heterocycles. The van der Waals surface area contributed by atoms with E-state index in [1.54, 1.807) is 35.5 Å². The molecule has 0 unspecified atom stereocenters. The van der Waals surface area contributed by atoms with Crippen LogP contribution in [0.4, 0.5) is 5.13 Å². The molecule has 3 rings (SSSR count). The number of thiazole rings is 1. The number of anilines is 1. The highest BCUT2D eigenvalue weighted by Crippen LogP contribution is 2.23. The van der Waals surface area contributed by atoms with E-state index in [0.29, 0.717) is 5.13 Å². The number of amides is 1. The normalized spacial score (nSPS) is 10.4. The number of nitrogens with zero attached hydrogens (tertiary/aromatic N) is 4. The van der Waals surface area contributed by atoms with Gasteiger partial charge >= 0.3 is 0 Å². The molecule has 3 aromatic heterocycles. The molecule has 3 aromatic rings. The Balaban J connectivity index is 1.67. The molecule has 1 N–H and O–H groups in total. The van der Waals surface area contributed by atoms with E-state index in [2.05, 4.69) is 20.4 Å². The molecule has 0 saturated carbocycles. The van der Waals surface area contributed by atoms with Gasteiger partial charge in [-0.05, 0) is 18.2 Å². The molecule has 3 heterocycles. The Labute approximate surface area is 119 Å². The Bertz CT molecular complexity index is 693. The lowest BCUT2D eigenvalue weighted by atomic mass is 10.2. The molecule has 7 heteroatoms. The minimum Gasteiger partial charge on any atom is -0.300 e. The summed E-state index contributed by atoms with van der Waals surface area (Å²) in [6, 6.07) is 5.55. The molecule has 0 fully saturated rings. The van der Waals surface area contributed by atoms with Crippen LogP contribution >= 0.6 is 11.3 Å². The standard InChI is InChI=1S/C13H11N5OS/c19-12(8-18-6-2-5-15-18)17-13-16-11(9-20-13)10-3-1-4-14-7-10/h1-7,9H,8H2,(H,16,17,19). The predicted molar refractivity (Wildman–Crippen MR) is 76.2 cm³/mol. The number of rotatable bonds is 4. The summed E-state index contributed by atoms with van der Waals surface area (Å²) in [5, 5.41) is 9.20. The lowest BCUT2D eigenvalue weighted by molar-refractivity contribution is -0.116. The molecule has 0 aliphatic carbocycles. The van der Waals surface area contributed by atoms with E-state index in [1.807, 2.05) is 17.5 Å². The maximum absolute atomic E-state index is 11.8. The summed E-state index contributed by atoms with van der Waals surface area (Å²) in [6.45, 7) is 0.175. The summed E-state index contributed by atoms with van der Waals surface area (Å²) < 4.78 is 1.56. The fourth-order valence-corrected chi connectivity index (χ4v) is 2.41. The van der Waals surface area contributed by atoms with Crippen molar-refractivity contribution in [1.82, 2.24) is 19.7 Å². The Kier molecular flexibility index (Phi) is 3.51. The smallest absolute Gasteiger partial charge is 0.247 e. The molecule has 0 aliphatic rings. The second-order valence-electron chi connectivity index (χ2n) is 4.03. The van der Waals surface area contributed by atoms with Crippen molar-refractivity contribution in [1.29, 1.82) is 0 Å². The molecule has 0 bridgehead atoms.